The molecule has 0 spiro atoms. The molecule has 0 amide bonds. The Morgan fingerprint density at radius 3 is 2.43 bits per heavy atom. The standard InChI is InChI=1S/C9H8F4O/c1-2-6-4-3-5-7(10)8(6)14-9(11,12)13/h3-5H,2H2,1H3. The summed E-state index contributed by atoms with van der Waals surface area (Å²) in [6.45, 7) is 1.62. The van der Waals surface area contributed by atoms with Gasteiger partial charge in [0.2, 0.25) is 0 Å². The highest BCUT2D eigenvalue weighted by Crippen LogP contribution is 2.29. The number of aryl methyl sites for hydroxylation is 1. The van der Waals surface area contributed by atoms with Gasteiger partial charge in [0.25, 0.3) is 0 Å². The number of hydrogen-bond acceptors (Lipinski definition) is 1. The highest BCUT2D eigenvalue weighted by molar-refractivity contribution is 5.34. The molecule has 0 aliphatic heterocycles. The van der Waals surface area contributed by atoms with Gasteiger partial charge in [-0.1, -0.05) is 19.1 Å². The summed E-state index contributed by atoms with van der Waals surface area (Å²) in [4.78, 5) is 0. The van der Waals surface area contributed by atoms with Gasteiger partial charge in [0.15, 0.2) is 11.6 Å². The Balaban J connectivity index is 3.05. The van der Waals surface area contributed by atoms with E-state index in [9.17, 15) is 17.6 Å². The summed E-state index contributed by atoms with van der Waals surface area (Å²) >= 11 is 0. The molecule has 0 saturated heterocycles. The van der Waals surface area contributed by atoms with Gasteiger partial charge >= 0.3 is 6.36 Å². The highest BCUT2D eigenvalue weighted by Gasteiger charge is 2.33. The van der Waals surface area contributed by atoms with Gasteiger partial charge in [-0.3, -0.25) is 0 Å². The summed E-state index contributed by atoms with van der Waals surface area (Å²) in [5.41, 5.74) is 0.197. The maximum atomic E-state index is 12.9. The van der Waals surface area contributed by atoms with Crippen molar-refractivity contribution in [3.63, 3.8) is 0 Å². The minimum atomic E-state index is -4.86. The Labute approximate surface area is 78.3 Å². The van der Waals surface area contributed by atoms with Crippen LogP contribution in [0.2, 0.25) is 0 Å². The van der Waals surface area contributed by atoms with Crippen LogP contribution in [-0.2, 0) is 6.42 Å². The number of halogens is 4. The molecule has 1 aromatic carbocycles. The Hall–Kier alpha value is -1.26. The Kier molecular flexibility index (Phi) is 2.98. The number of hydrogen-bond donors (Lipinski definition) is 0. The van der Waals surface area contributed by atoms with E-state index in [1.165, 1.54) is 12.1 Å². The number of para-hydroxylation sites is 1. The maximum absolute atomic E-state index is 12.9. The van der Waals surface area contributed by atoms with Crippen LogP contribution in [0, 0.1) is 5.82 Å². The highest BCUT2D eigenvalue weighted by atomic mass is 19.4. The molecular formula is C9H8F4O. The third-order valence-electron chi connectivity index (χ3n) is 1.65. The molecule has 0 bridgehead atoms. The van der Waals surface area contributed by atoms with Gasteiger partial charge in [-0.15, -0.1) is 13.2 Å². The van der Waals surface area contributed by atoms with Crippen LogP contribution in [0.1, 0.15) is 12.5 Å². The lowest BCUT2D eigenvalue weighted by atomic mass is 10.1. The fourth-order valence-corrected chi connectivity index (χ4v) is 1.06. The molecule has 0 aromatic heterocycles. The first kappa shape index (κ1) is 10.8. The fraction of sp³-hybridized carbons (Fsp3) is 0.333. The van der Waals surface area contributed by atoms with E-state index in [4.69, 9.17) is 0 Å². The maximum Gasteiger partial charge on any atom is 0.573 e. The molecule has 0 unspecified atom stereocenters. The molecule has 0 atom stereocenters. The van der Waals surface area contributed by atoms with Gasteiger partial charge in [0, 0.05) is 0 Å². The van der Waals surface area contributed by atoms with Crippen LogP contribution in [0.3, 0.4) is 0 Å². The van der Waals surface area contributed by atoms with E-state index in [2.05, 4.69) is 4.74 Å². The van der Waals surface area contributed by atoms with Gasteiger partial charge in [-0.25, -0.2) is 4.39 Å². The lowest BCUT2D eigenvalue weighted by Crippen LogP contribution is -2.19. The minimum Gasteiger partial charge on any atom is -0.402 e. The molecule has 0 aliphatic rings. The largest absolute Gasteiger partial charge is 0.573 e. The van der Waals surface area contributed by atoms with Crippen molar-refractivity contribution in [2.45, 2.75) is 19.7 Å². The molecular weight excluding hydrogens is 200 g/mol. The molecule has 1 nitrogen and oxygen atoms in total. The second-order valence-electron chi connectivity index (χ2n) is 2.63. The molecule has 78 valence electrons. The van der Waals surface area contributed by atoms with E-state index >= 15 is 0 Å². The van der Waals surface area contributed by atoms with E-state index < -0.39 is 17.9 Å². The molecule has 0 fully saturated rings. The van der Waals surface area contributed by atoms with Crippen molar-refractivity contribution in [1.82, 2.24) is 0 Å². The predicted octanol–water partition coefficient (Wildman–Crippen LogP) is 3.29. The summed E-state index contributed by atoms with van der Waals surface area (Å²) in [5.74, 6) is -1.73. The van der Waals surface area contributed by atoms with Crippen molar-refractivity contribution in [3.8, 4) is 5.75 Å². The topological polar surface area (TPSA) is 9.23 Å². The zero-order chi connectivity index (χ0) is 10.8. The van der Waals surface area contributed by atoms with Crippen LogP contribution in [0.4, 0.5) is 17.6 Å². The van der Waals surface area contributed by atoms with Crippen LogP contribution in [0.5, 0.6) is 5.75 Å². The van der Waals surface area contributed by atoms with Crippen LogP contribution in [0.25, 0.3) is 0 Å². The van der Waals surface area contributed by atoms with Gasteiger partial charge < -0.3 is 4.74 Å². The van der Waals surface area contributed by atoms with Crippen molar-refractivity contribution >= 4 is 0 Å². The zero-order valence-electron chi connectivity index (χ0n) is 7.36. The smallest absolute Gasteiger partial charge is 0.402 e. The van der Waals surface area contributed by atoms with E-state index in [0.717, 1.165) is 6.07 Å². The molecule has 5 heteroatoms. The average Bonchev–Trinajstić information content (AvgIpc) is 2.06. The lowest BCUT2D eigenvalue weighted by Gasteiger charge is -2.12. The molecule has 0 heterocycles. The molecule has 0 saturated carbocycles. The average molecular weight is 208 g/mol. The molecule has 0 radical (unpaired) electrons. The Morgan fingerprint density at radius 2 is 1.93 bits per heavy atom. The van der Waals surface area contributed by atoms with Gasteiger partial charge in [0.1, 0.15) is 0 Å². The van der Waals surface area contributed by atoms with Gasteiger partial charge in [-0.2, -0.15) is 0 Å². The van der Waals surface area contributed by atoms with E-state index in [0.29, 0.717) is 0 Å². The van der Waals surface area contributed by atoms with Crippen molar-refractivity contribution < 1.29 is 22.3 Å². The molecule has 0 N–H and O–H groups in total. The summed E-state index contributed by atoms with van der Waals surface area (Å²) in [7, 11) is 0. The summed E-state index contributed by atoms with van der Waals surface area (Å²) in [6, 6.07) is 3.67. The number of ether oxygens (including phenoxy) is 1. The van der Waals surface area contributed by atoms with Crippen molar-refractivity contribution in [3.05, 3.63) is 29.6 Å². The van der Waals surface area contributed by atoms with Crippen LogP contribution >= 0.6 is 0 Å². The summed E-state index contributed by atoms with van der Waals surface area (Å²) in [5, 5.41) is 0. The predicted molar refractivity (Wildman–Crippen MR) is 42.5 cm³/mol. The summed E-state index contributed by atoms with van der Waals surface area (Å²) < 4.78 is 52.1. The third-order valence-corrected chi connectivity index (χ3v) is 1.65. The third kappa shape index (κ3) is 2.61. The number of alkyl halides is 3. The van der Waals surface area contributed by atoms with E-state index in [1.807, 2.05) is 0 Å². The first-order valence-corrected chi connectivity index (χ1v) is 3.97. The van der Waals surface area contributed by atoms with E-state index in [-0.39, 0.29) is 12.0 Å². The number of benzene rings is 1. The monoisotopic (exact) mass is 208 g/mol. The van der Waals surface area contributed by atoms with Gasteiger partial charge in [0.05, 0.1) is 0 Å². The Morgan fingerprint density at radius 1 is 1.29 bits per heavy atom. The second kappa shape index (κ2) is 3.86. The van der Waals surface area contributed by atoms with Crippen LogP contribution in [0.15, 0.2) is 18.2 Å². The first-order valence-electron chi connectivity index (χ1n) is 3.97. The molecule has 0 aliphatic carbocycles. The second-order valence-corrected chi connectivity index (χ2v) is 2.63. The van der Waals surface area contributed by atoms with Crippen LogP contribution in [-0.4, -0.2) is 6.36 Å². The lowest BCUT2D eigenvalue weighted by molar-refractivity contribution is -0.275. The van der Waals surface area contributed by atoms with Crippen LogP contribution < -0.4 is 4.74 Å². The zero-order valence-corrected chi connectivity index (χ0v) is 7.36. The Bertz CT molecular complexity index is 319. The van der Waals surface area contributed by atoms with Crippen molar-refractivity contribution in [2.24, 2.45) is 0 Å². The SMILES string of the molecule is CCc1cccc(F)c1OC(F)(F)F. The number of rotatable bonds is 2. The van der Waals surface area contributed by atoms with Gasteiger partial charge in [-0.05, 0) is 18.1 Å². The molecule has 1 rings (SSSR count). The fourth-order valence-electron chi connectivity index (χ4n) is 1.06. The quantitative estimate of drug-likeness (QED) is 0.677. The molecule has 1 aromatic rings. The normalized spacial score (nSPS) is 11.5. The van der Waals surface area contributed by atoms with E-state index in [1.54, 1.807) is 6.92 Å². The first-order chi connectivity index (χ1) is 6.44. The van der Waals surface area contributed by atoms with Crippen molar-refractivity contribution in [2.75, 3.05) is 0 Å². The minimum absolute atomic E-state index is 0.197. The van der Waals surface area contributed by atoms with Crippen molar-refractivity contribution in [1.29, 1.82) is 0 Å². The molecule has 14 heavy (non-hydrogen) atoms. The summed E-state index contributed by atoms with van der Waals surface area (Å²) in [6.07, 6.45) is -4.57.